The van der Waals surface area contributed by atoms with Gasteiger partial charge in [-0.05, 0) is 43.3 Å². The fourth-order valence-corrected chi connectivity index (χ4v) is 3.50. The summed E-state index contributed by atoms with van der Waals surface area (Å²) in [7, 11) is -3.70. The highest BCUT2D eigenvalue weighted by Crippen LogP contribution is 2.31. The van der Waals surface area contributed by atoms with Gasteiger partial charge >= 0.3 is 5.37 Å². The predicted molar refractivity (Wildman–Crippen MR) is 81.8 cm³/mol. The Morgan fingerprint density at radius 3 is 2.10 bits per heavy atom. The van der Waals surface area contributed by atoms with Crippen LogP contribution >= 0.6 is 15.9 Å². The van der Waals surface area contributed by atoms with E-state index in [-0.39, 0.29) is 4.90 Å². The quantitative estimate of drug-likeness (QED) is 0.780. The molecular weight excluding hydrogens is 338 g/mol. The second kappa shape index (κ2) is 5.78. The van der Waals surface area contributed by atoms with Gasteiger partial charge in [-0.2, -0.15) is 0 Å². The zero-order valence-corrected chi connectivity index (χ0v) is 13.1. The van der Waals surface area contributed by atoms with Crippen LogP contribution in [0.1, 0.15) is 16.5 Å². The number of rotatable bonds is 3. The molecule has 0 saturated heterocycles. The summed E-state index contributed by atoms with van der Waals surface area (Å²) in [4.78, 5) is 3.48. The molecule has 0 bridgehead atoms. The molecule has 20 heavy (non-hydrogen) atoms. The number of aryl methyl sites for hydroxylation is 1. The monoisotopic (exact) mass is 349 g/mol. The third-order valence-corrected chi connectivity index (χ3v) is 5.34. The van der Waals surface area contributed by atoms with Crippen molar-refractivity contribution >= 4 is 25.8 Å². The molecule has 0 heterocycles. The van der Waals surface area contributed by atoms with Crippen LogP contribution in [-0.4, -0.2) is 8.42 Å². The minimum atomic E-state index is -3.70. The first kappa shape index (κ1) is 14.8. The lowest BCUT2D eigenvalue weighted by Gasteiger charge is -2.08. The smallest absolute Gasteiger partial charge is 0.291 e. The van der Waals surface area contributed by atoms with Gasteiger partial charge in [0, 0.05) is 4.47 Å². The summed E-state index contributed by atoms with van der Waals surface area (Å²) in [5.74, 6) is 0. The average molecular weight is 350 g/mol. The van der Waals surface area contributed by atoms with Crippen LogP contribution in [0.4, 0.5) is 0 Å². The Morgan fingerprint density at radius 1 is 1.05 bits per heavy atom. The van der Waals surface area contributed by atoms with Crippen molar-refractivity contribution < 1.29 is 8.42 Å². The van der Waals surface area contributed by atoms with E-state index in [4.69, 9.17) is 6.57 Å². The average Bonchev–Trinajstić information content (AvgIpc) is 2.42. The van der Waals surface area contributed by atoms with Crippen LogP contribution < -0.4 is 0 Å². The summed E-state index contributed by atoms with van der Waals surface area (Å²) in [5.41, 5.74) is 1.45. The molecule has 2 aromatic carbocycles. The maximum absolute atomic E-state index is 12.5. The maximum Gasteiger partial charge on any atom is 0.350 e. The van der Waals surface area contributed by atoms with E-state index in [1.807, 2.05) is 6.92 Å². The summed E-state index contributed by atoms with van der Waals surface area (Å²) in [6.45, 7) is 9.12. The molecule has 102 valence electrons. The first-order chi connectivity index (χ1) is 9.45. The summed E-state index contributed by atoms with van der Waals surface area (Å²) >= 11 is 3.29. The minimum Gasteiger partial charge on any atom is -0.291 e. The lowest BCUT2D eigenvalue weighted by atomic mass is 10.2. The van der Waals surface area contributed by atoms with Gasteiger partial charge in [0.25, 0.3) is 9.84 Å². The van der Waals surface area contributed by atoms with Gasteiger partial charge in [0.05, 0.1) is 10.5 Å². The first-order valence-electron chi connectivity index (χ1n) is 5.88. The summed E-state index contributed by atoms with van der Waals surface area (Å²) in [5, 5.41) is -1.21. The van der Waals surface area contributed by atoms with Gasteiger partial charge in [0.15, 0.2) is 0 Å². The van der Waals surface area contributed by atoms with E-state index in [1.54, 1.807) is 48.5 Å². The van der Waals surface area contributed by atoms with Crippen LogP contribution in [-0.2, 0) is 9.84 Å². The zero-order valence-electron chi connectivity index (χ0n) is 10.7. The number of sulfone groups is 1. The van der Waals surface area contributed by atoms with Gasteiger partial charge in [-0.3, -0.25) is 4.85 Å². The molecule has 0 amide bonds. The van der Waals surface area contributed by atoms with E-state index in [0.29, 0.717) is 5.56 Å². The molecule has 0 radical (unpaired) electrons. The molecule has 0 aliphatic heterocycles. The number of nitrogens with zero attached hydrogens (tertiary/aromatic N) is 1. The van der Waals surface area contributed by atoms with Gasteiger partial charge in [0.2, 0.25) is 0 Å². The molecule has 0 aliphatic carbocycles. The number of hydrogen-bond acceptors (Lipinski definition) is 2. The molecule has 3 nitrogen and oxygen atoms in total. The van der Waals surface area contributed by atoms with Gasteiger partial charge in [-0.1, -0.05) is 33.6 Å². The molecule has 0 saturated carbocycles. The lowest BCUT2D eigenvalue weighted by molar-refractivity contribution is 0.590. The molecule has 0 aliphatic rings. The van der Waals surface area contributed by atoms with Gasteiger partial charge < -0.3 is 0 Å². The molecule has 0 fully saturated rings. The van der Waals surface area contributed by atoms with E-state index in [9.17, 15) is 8.42 Å². The SMILES string of the molecule is [C-]#[N+][C@@H](c1ccc(Br)cc1)S(=O)(=O)c1ccc(C)cc1. The van der Waals surface area contributed by atoms with Gasteiger partial charge in [-0.25, -0.2) is 15.0 Å². The molecule has 2 aromatic rings. The highest BCUT2D eigenvalue weighted by atomic mass is 79.9. The molecule has 0 unspecified atom stereocenters. The van der Waals surface area contributed by atoms with Gasteiger partial charge in [0.1, 0.15) is 0 Å². The largest absolute Gasteiger partial charge is 0.350 e. The van der Waals surface area contributed by atoms with Crippen LogP contribution in [0.5, 0.6) is 0 Å². The fourth-order valence-electron chi connectivity index (χ4n) is 1.81. The number of halogens is 1. The Balaban J connectivity index is 2.48. The molecule has 2 rings (SSSR count). The highest BCUT2D eigenvalue weighted by Gasteiger charge is 2.34. The Hall–Kier alpha value is -1.64. The van der Waals surface area contributed by atoms with Crippen molar-refractivity contribution in [3.8, 4) is 0 Å². The van der Waals surface area contributed by atoms with Crippen molar-refractivity contribution in [3.63, 3.8) is 0 Å². The first-order valence-corrected chi connectivity index (χ1v) is 8.21. The molecule has 0 aromatic heterocycles. The van der Waals surface area contributed by atoms with Crippen molar-refractivity contribution in [2.45, 2.75) is 17.2 Å². The van der Waals surface area contributed by atoms with Crippen molar-refractivity contribution in [1.82, 2.24) is 0 Å². The van der Waals surface area contributed by atoms with Crippen LogP contribution in [0.2, 0.25) is 0 Å². The van der Waals surface area contributed by atoms with Crippen LogP contribution in [0, 0.1) is 13.5 Å². The third kappa shape index (κ3) is 2.92. The molecular formula is C15H12BrNO2S. The van der Waals surface area contributed by atoms with E-state index < -0.39 is 15.2 Å². The van der Waals surface area contributed by atoms with Crippen LogP contribution in [0.15, 0.2) is 57.9 Å². The van der Waals surface area contributed by atoms with Crippen LogP contribution in [0.25, 0.3) is 4.85 Å². The van der Waals surface area contributed by atoms with Crippen molar-refractivity contribution in [3.05, 3.63) is 75.5 Å². The third-order valence-electron chi connectivity index (χ3n) is 2.92. The van der Waals surface area contributed by atoms with Gasteiger partial charge in [-0.15, -0.1) is 0 Å². The lowest BCUT2D eigenvalue weighted by Crippen LogP contribution is -2.10. The topological polar surface area (TPSA) is 38.5 Å². The van der Waals surface area contributed by atoms with Crippen LogP contribution in [0.3, 0.4) is 0 Å². The van der Waals surface area contributed by atoms with Crippen molar-refractivity contribution in [2.24, 2.45) is 0 Å². The highest BCUT2D eigenvalue weighted by molar-refractivity contribution is 9.10. The second-order valence-corrected chi connectivity index (χ2v) is 7.31. The maximum atomic E-state index is 12.5. The second-order valence-electron chi connectivity index (χ2n) is 4.39. The molecule has 0 spiro atoms. The normalized spacial score (nSPS) is 12.7. The molecule has 0 N–H and O–H groups in total. The summed E-state index contributed by atoms with van der Waals surface area (Å²) in [6.07, 6.45) is 0. The van der Waals surface area contributed by atoms with E-state index in [0.717, 1.165) is 10.0 Å². The molecule has 5 heteroatoms. The predicted octanol–water partition coefficient (Wildman–Crippen LogP) is 4.15. The fraction of sp³-hybridized carbons (Fsp3) is 0.133. The standard InChI is InChI=1S/C15H12BrNO2S/c1-11-3-9-14(10-4-11)20(18,19)15(17-2)12-5-7-13(16)8-6-12/h3-10,15H,1H3/t15-/m1/s1. The summed E-state index contributed by atoms with van der Waals surface area (Å²) in [6, 6.07) is 13.3. The number of hydrogen-bond donors (Lipinski definition) is 0. The van der Waals surface area contributed by atoms with E-state index in [2.05, 4.69) is 20.8 Å². The molecule has 1 atom stereocenters. The van der Waals surface area contributed by atoms with E-state index in [1.165, 1.54) is 0 Å². The zero-order chi connectivity index (χ0) is 14.8. The Kier molecular flexibility index (Phi) is 4.26. The van der Waals surface area contributed by atoms with Crippen molar-refractivity contribution in [2.75, 3.05) is 0 Å². The van der Waals surface area contributed by atoms with E-state index >= 15 is 0 Å². The Labute approximate surface area is 127 Å². The number of benzene rings is 2. The summed E-state index contributed by atoms with van der Waals surface area (Å²) < 4.78 is 25.9. The van der Waals surface area contributed by atoms with Crippen molar-refractivity contribution in [1.29, 1.82) is 0 Å². The Bertz CT molecular complexity index is 744. The Morgan fingerprint density at radius 2 is 1.60 bits per heavy atom. The minimum absolute atomic E-state index is 0.173.